The number of ether oxygens (including phenoxy) is 1. The predicted octanol–water partition coefficient (Wildman–Crippen LogP) is 2.05. The van der Waals surface area contributed by atoms with Gasteiger partial charge in [0.15, 0.2) is 0 Å². The second-order valence-corrected chi connectivity index (χ2v) is 4.18. The molecular weight excluding hydrogens is 180 g/mol. The summed E-state index contributed by atoms with van der Waals surface area (Å²) in [7, 11) is 1.36. The number of hydrogen-bond acceptors (Lipinski definition) is 3. The Morgan fingerprint density at radius 3 is 2.50 bits per heavy atom. The van der Waals surface area contributed by atoms with Crippen LogP contribution in [-0.4, -0.2) is 23.8 Å². The monoisotopic (exact) mass is 200 g/mol. The lowest BCUT2D eigenvalue weighted by molar-refractivity contribution is -0.134. The first-order valence-electron chi connectivity index (χ1n) is 4.82. The third kappa shape index (κ3) is 7.80. The van der Waals surface area contributed by atoms with Gasteiger partial charge < -0.3 is 9.84 Å². The maximum atomic E-state index is 10.8. The fourth-order valence-corrected chi connectivity index (χ4v) is 1.13. The van der Waals surface area contributed by atoms with Crippen LogP contribution in [0.2, 0.25) is 0 Å². The van der Waals surface area contributed by atoms with E-state index in [0.29, 0.717) is 0 Å². The number of rotatable bonds is 5. The molecule has 0 aliphatic heterocycles. The van der Waals surface area contributed by atoms with Gasteiger partial charge in [-0.1, -0.05) is 5.57 Å². The summed E-state index contributed by atoms with van der Waals surface area (Å²) in [6.07, 6.45) is 3.92. The summed E-state index contributed by atoms with van der Waals surface area (Å²) >= 11 is 0. The van der Waals surface area contributed by atoms with Crippen LogP contribution in [-0.2, 0) is 9.53 Å². The number of esters is 1. The summed E-state index contributed by atoms with van der Waals surface area (Å²) in [6, 6.07) is 0. The number of hydrogen-bond donors (Lipinski definition) is 1. The van der Waals surface area contributed by atoms with Crippen LogP contribution in [0.25, 0.3) is 0 Å². The standard InChI is InChI=1S/C11H20O3/c1-9(8-10(12)14-4)6-5-7-11(2,3)13/h8,13H,5-7H2,1-4H3. The Hall–Kier alpha value is -0.830. The molecule has 0 aromatic carbocycles. The van der Waals surface area contributed by atoms with E-state index in [0.717, 1.165) is 24.8 Å². The van der Waals surface area contributed by atoms with E-state index in [2.05, 4.69) is 4.74 Å². The Labute approximate surface area is 85.8 Å². The van der Waals surface area contributed by atoms with Gasteiger partial charge in [-0.15, -0.1) is 0 Å². The predicted molar refractivity (Wildman–Crippen MR) is 55.9 cm³/mol. The van der Waals surface area contributed by atoms with Crippen molar-refractivity contribution in [1.82, 2.24) is 0 Å². The number of carbonyl (C=O) groups excluding carboxylic acids is 1. The summed E-state index contributed by atoms with van der Waals surface area (Å²) in [5.74, 6) is -0.314. The van der Waals surface area contributed by atoms with Crippen molar-refractivity contribution in [2.24, 2.45) is 0 Å². The van der Waals surface area contributed by atoms with Gasteiger partial charge in [0.2, 0.25) is 0 Å². The second-order valence-electron chi connectivity index (χ2n) is 4.18. The third-order valence-electron chi connectivity index (χ3n) is 1.93. The van der Waals surface area contributed by atoms with Crippen LogP contribution in [0.5, 0.6) is 0 Å². The van der Waals surface area contributed by atoms with Crippen LogP contribution in [0, 0.1) is 0 Å². The molecule has 0 aromatic rings. The van der Waals surface area contributed by atoms with Crippen LogP contribution in [0.15, 0.2) is 11.6 Å². The average Bonchev–Trinajstić information content (AvgIpc) is 2.01. The lowest BCUT2D eigenvalue weighted by Gasteiger charge is -2.16. The van der Waals surface area contributed by atoms with E-state index < -0.39 is 5.60 Å². The number of aliphatic hydroxyl groups is 1. The highest BCUT2D eigenvalue weighted by Crippen LogP contribution is 2.15. The molecule has 0 aliphatic carbocycles. The van der Waals surface area contributed by atoms with Gasteiger partial charge in [-0.05, 0) is 40.0 Å². The molecule has 0 amide bonds. The van der Waals surface area contributed by atoms with Crippen LogP contribution in [0.1, 0.15) is 40.0 Å². The molecule has 0 rings (SSSR count). The first-order valence-corrected chi connectivity index (χ1v) is 4.82. The van der Waals surface area contributed by atoms with Gasteiger partial charge >= 0.3 is 5.97 Å². The number of carbonyl (C=O) groups is 1. The molecule has 0 atom stereocenters. The van der Waals surface area contributed by atoms with Gasteiger partial charge in [-0.2, -0.15) is 0 Å². The van der Waals surface area contributed by atoms with Crippen molar-refractivity contribution >= 4 is 5.97 Å². The molecule has 0 aliphatic rings. The molecule has 14 heavy (non-hydrogen) atoms. The van der Waals surface area contributed by atoms with Crippen molar-refractivity contribution in [3.05, 3.63) is 11.6 Å². The largest absolute Gasteiger partial charge is 0.466 e. The molecule has 3 nitrogen and oxygen atoms in total. The molecule has 0 unspecified atom stereocenters. The average molecular weight is 200 g/mol. The molecule has 0 radical (unpaired) electrons. The topological polar surface area (TPSA) is 46.5 Å². The smallest absolute Gasteiger partial charge is 0.330 e. The molecule has 0 heterocycles. The maximum absolute atomic E-state index is 10.8. The van der Waals surface area contributed by atoms with Crippen LogP contribution >= 0.6 is 0 Å². The SMILES string of the molecule is COC(=O)C=C(C)CCCC(C)(C)O. The highest BCUT2D eigenvalue weighted by atomic mass is 16.5. The Balaban J connectivity index is 3.80. The molecule has 0 saturated carbocycles. The molecule has 0 fully saturated rings. The Morgan fingerprint density at radius 1 is 1.50 bits per heavy atom. The zero-order chi connectivity index (χ0) is 11.2. The van der Waals surface area contributed by atoms with E-state index in [4.69, 9.17) is 0 Å². The molecule has 0 bridgehead atoms. The minimum Gasteiger partial charge on any atom is -0.466 e. The zero-order valence-electron chi connectivity index (χ0n) is 9.46. The molecule has 1 N–H and O–H groups in total. The summed E-state index contributed by atoms with van der Waals surface area (Å²) in [5, 5.41) is 9.45. The van der Waals surface area contributed by atoms with Crippen molar-refractivity contribution in [3.63, 3.8) is 0 Å². The van der Waals surface area contributed by atoms with E-state index in [9.17, 15) is 9.90 Å². The van der Waals surface area contributed by atoms with Gasteiger partial charge in [0.25, 0.3) is 0 Å². The molecule has 0 spiro atoms. The minimum absolute atomic E-state index is 0.314. The Bertz CT molecular complexity index is 211. The summed E-state index contributed by atoms with van der Waals surface area (Å²) in [5.41, 5.74) is 0.368. The fourth-order valence-electron chi connectivity index (χ4n) is 1.13. The van der Waals surface area contributed by atoms with Crippen molar-refractivity contribution in [1.29, 1.82) is 0 Å². The summed E-state index contributed by atoms with van der Waals surface area (Å²) in [6.45, 7) is 5.46. The van der Waals surface area contributed by atoms with E-state index in [-0.39, 0.29) is 5.97 Å². The van der Waals surface area contributed by atoms with Gasteiger partial charge in [-0.25, -0.2) is 4.79 Å². The normalized spacial score (nSPS) is 12.8. The quantitative estimate of drug-likeness (QED) is 0.545. The fraction of sp³-hybridized carbons (Fsp3) is 0.727. The lowest BCUT2D eigenvalue weighted by Crippen LogP contribution is -2.17. The zero-order valence-corrected chi connectivity index (χ0v) is 9.46. The molecule has 0 saturated heterocycles. The van der Waals surface area contributed by atoms with Gasteiger partial charge in [0, 0.05) is 6.08 Å². The van der Waals surface area contributed by atoms with E-state index in [1.807, 2.05) is 6.92 Å². The molecule has 82 valence electrons. The van der Waals surface area contributed by atoms with E-state index in [1.54, 1.807) is 13.8 Å². The third-order valence-corrected chi connectivity index (χ3v) is 1.93. The van der Waals surface area contributed by atoms with Crippen molar-refractivity contribution in [2.75, 3.05) is 7.11 Å². The van der Waals surface area contributed by atoms with Gasteiger partial charge in [0.05, 0.1) is 12.7 Å². The van der Waals surface area contributed by atoms with Crippen LogP contribution in [0.3, 0.4) is 0 Å². The maximum Gasteiger partial charge on any atom is 0.330 e. The summed E-state index contributed by atoms with van der Waals surface area (Å²) in [4.78, 5) is 10.8. The van der Waals surface area contributed by atoms with Crippen LogP contribution in [0.4, 0.5) is 0 Å². The number of allylic oxidation sites excluding steroid dienone is 1. The van der Waals surface area contributed by atoms with E-state index >= 15 is 0 Å². The Morgan fingerprint density at radius 2 is 2.07 bits per heavy atom. The van der Waals surface area contributed by atoms with Crippen molar-refractivity contribution in [2.45, 2.75) is 45.6 Å². The molecule has 3 heteroatoms. The highest BCUT2D eigenvalue weighted by Gasteiger charge is 2.11. The highest BCUT2D eigenvalue weighted by molar-refractivity contribution is 5.82. The minimum atomic E-state index is -0.619. The van der Waals surface area contributed by atoms with E-state index in [1.165, 1.54) is 13.2 Å². The first-order chi connectivity index (χ1) is 6.35. The molecular formula is C11H20O3. The summed E-state index contributed by atoms with van der Waals surface area (Å²) < 4.78 is 4.50. The van der Waals surface area contributed by atoms with Crippen molar-refractivity contribution < 1.29 is 14.6 Å². The number of methoxy groups -OCH3 is 1. The van der Waals surface area contributed by atoms with Gasteiger partial charge in [0.1, 0.15) is 0 Å². The van der Waals surface area contributed by atoms with Crippen LogP contribution < -0.4 is 0 Å². The van der Waals surface area contributed by atoms with Crippen molar-refractivity contribution in [3.8, 4) is 0 Å². The van der Waals surface area contributed by atoms with Gasteiger partial charge in [-0.3, -0.25) is 0 Å². The molecule has 0 aromatic heterocycles. The Kier molecular flexibility index (Phi) is 5.46. The first kappa shape index (κ1) is 13.2. The second kappa shape index (κ2) is 5.81. The lowest BCUT2D eigenvalue weighted by atomic mass is 9.99.